The van der Waals surface area contributed by atoms with Gasteiger partial charge in [-0.05, 0) is 62.4 Å². The third-order valence-electron chi connectivity index (χ3n) is 7.59. The summed E-state index contributed by atoms with van der Waals surface area (Å²) in [5, 5.41) is 16.7. The molecule has 12 nitrogen and oxygen atoms in total. The molecule has 0 radical (unpaired) electrons. The highest BCUT2D eigenvalue weighted by molar-refractivity contribution is 6.10. The van der Waals surface area contributed by atoms with Gasteiger partial charge in [-0.15, -0.1) is 0 Å². The molecule has 1 heterocycles. The minimum atomic E-state index is -5.23. The van der Waals surface area contributed by atoms with E-state index in [9.17, 15) is 37.1 Å². The molecule has 2 aromatic rings. The third-order valence-corrected chi connectivity index (χ3v) is 7.59. The summed E-state index contributed by atoms with van der Waals surface area (Å²) in [6.45, 7) is 6.40. The molecule has 1 fully saturated rings. The number of carbonyl (C=O) groups is 5. The zero-order valence-electron chi connectivity index (χ0n) is 26.3. The summed E-state index contributed by atoms with van der Waals surface area (Å²) in [4.78, 5) is 64.8. The summed E-state index contributed by atoms with van der Waals surface area (Å²) < 4.78 is 49.3. The maximum atomic E-state index is 14.6. The number of urea groups is 2. The summed E-state index contributed by atoms with van der Waals surface area (Å²) in [5.74, 6) is -4.05. The Hall–Kier alpha value is -4.82. The lowest BCUT2D eigenvalue weighted by Crippen LogP contribution is -2.58. The molecule has 0 aromatic heterocycles. The zero-order chi connectivity index (χ0) is 34.6. The van der Waals surface area contributed by atoms with E-state index in [1.165, 1.54) is 32.2 Å². The quantitative estimate of drug-likeness (QED) is 0.232. The zero-order valence-corrected chi connectivity index (χ0v) is 26.3. The first kappa shape index (κ1) is 35.7. The van der Waals surface area contributed by atoms with E-state index < -0.39 is 66.6 Å². The normalized spacial score (nSPS) is 18.0. The highest BCUT2D eigenvalue weighted by Gasteiger charge is 2.70. The lowest BCUT2D eigenvalue weighted by molar-refractivity contribution is -0.212. The van der Waals surface area contributed by atoms with Crippen LogP contribution in [0.3, 0.4) is 0 Å². The van der Waals surface area contributed by atoms with E-state index in [0.717, 1.165) is 5.56 Å². The van der Waals surface area contributed by atoms with Crippen LogP contribution in [-0.4, -0.2) is 75.7 Å². The van der Waals surface area contributed by atoms with Crippen LogP contribution in [0.25, 0.3) is 0 Å². The number of carboxylic acids is 1. The standard InChI is InChI=1S/C31H38F3N5O7/c1-17(2)13-23(26(42)35-19(4)14-25(40)41)39-27(43)30(5,31(32,33)34)38(29(39)45)16-20-11-12-22(24(15-20)46-6)37-28(44)36-21-10-8-7-9-18(21)3/h7-12,15,17,19,23H,13-14,16H2,1-6H3,(H,35,42)(H,40,41)(H2,36,37,44). The summed E-state index contributed by atoms with van der Waals surface area (Å²) in [7, 11) is 1.29. The second kappa shape index (κ2) is 14.1. The van der Waals surface area contributed by atoms with Crippen molar-refractivity contribution in [3.05, 3.63) is 53.6 Å². The number of anilines is 2. The van der Waals surface area contributed by atoms with Crippen molar-refractivity contribution in [3.63, 3.8) is 0 Å². The minimum Gasteiger partial charge on any atom is -0.495 e. The van der Waals surface area contributed by atoms with Gasteiger partial charge in [0.25, 0.3) is 5.91 Å². The number of aliphatic carboxylic acids is 1. The van der Waals surface area contributed by atoms with E-state index in [2.05, 4.69) is 16.0 Å². The van der Waals surface area contributed by atoms with Gasteiger partial charge in [0.1, 0.15) is 11.8 Å². The second-order valence-corrected chi connectivity index (χ2v) is 11.7. The van der Waals surface area contributed by atoms with Crippen molar-refractivity contribution in [3.8, 4) is 5.75 Å². The fourth-order valence-corrected chi connectivity index (χ4v) is 5.07. The second-order valence-electron chi connectivity index (χ2n) is 11.7. The number of hydrogen-bond acceptors (Lipinski definition) is 6. The molecule has 1 aliphatic rings. The number of ether oxygens (including phenoxy) is 1. The van der Waals surface area contributed by atoms with Crippen molar-refractivity contribution in [2.75, 3.05) is 17.7 Å². The Bertz CT molecular complexity index is 1500. The highest BCUT2D eigenvalue weighted by Crippen LogP contribution is 2.44. The van der Waals surface area contributed by atoms with Crippen LogP contribution in [0, 0.1) is 12.8 Å². The van der Waals surface area contributed by atoms with Crippen LogP contribution in [0.2, 0.25) is 0 Å². The molecule has 2 aromatic carbocycles. The number of amides is 6. The lowest BCUT2D eigenvalue weighted by Gasteiger charge is -2.33. The van der Waals surface area contributed by atoms with E-state index in [4.69, 9.17) is 9.84 Å². The van der Waals surface area contributed by atoms with Crippen LogP contribution < -0.4 is 20.7 Å². The fraction of sp³-hybridized carbons (Fsp3) is 0.452. The molecule has 3 unspecified atom stereocenters. The summed E-state index contributed by atoms with van der Waals surface area (Å²) in [5.41, 5.74) is -1.63. The van der Waals surface area contributed by atoms with Gasteiger partial charge in [0.2, 0.25) is 11.4 Å². The van der Waals surface area contributed by atoms with E-state index in [1.54, 1.807) is 26.0 Å². The molecule has 6 amide bonds. The minimum absolute atomic E-state index is 0.0745. The van der Waals surface area contributed by atoms with Gasteiger partial charge in [-0.2, -0.15) is 13.2 Å². The van der Waals surface area contributed by atoms with Crippen molar-refractivity contribution in [2.45, 2.75) is 77.8 Å². The predicted octanol–water partition coefficient (Wildman–Crippen LogP) is 5.13. The number of benzene rings is 2. The third kappa shape index (κ3) is 7.69. The van der Waals surface area contributed by atoms with Gasteiger partial charge in [-0.3, -0.25) is 19.3 Å². The van der Waals surface area contributed by atoms with E-state index in [0.29, 0.717) is 22.4 Å². The molecule has 46 heavy (non-hydrogen) atoms. The number of imide groups is 1. The Kier molecular flexibility index (Phi) is 10.9. The number of carbonyl (C=O) groups excluding carboxylic acids is 4. The molecule has 1 aliphatic heterocycles. The number of nitrogens with one attached hydrogen (secondary N) is 3. The van der Waals surface area contributed by atoms with Crippen LogP contribution in [0.15, 0.2) is 42.5 Å². The number of para-hydroxylation sites is 1. The largest absolute Gasteiger partial charge is 0.495 e. The first-order chi connectivity index (χ1) is 21.4. The van der Waals surface area contributed by atoms with Crippen molar-refractivity contribution in [2.24, 2.45) is 5.92 Å². The average Bonchev–Trinajstić information content (AvgIpc) is 3.13. The van der Waals surface area contributed by atoms with Gasteiger partial charge in [0.15, 0.2) is 0 Å². The molecule has 0 aliphatic carbocycles. The van der Waals surface area contributed by atoms with Gasteiger partial charge in [0, 0.05) is 18.3 Å². The molecule has 0 saturated carbocycles. The number of nitrogens with zero attached hydrogens (tertiary/aromatic N) is 2. The van der Waals surface area contributed by atoms with Gasteiger partial charge < -0.3 is 25.8 Å². The van der Waals surface area contributed by atoms with Crippen molar-refractivity contribution >= 4 is 41.2 Å². The molecule has 1 saturated heterocycles. The van der Waals surface area contributed by atoms with Crippen molar-refractivity contribution in [1.82, 2.24) is 15.1 Å². The van der Waals surface area contributed by atoms with Gasteiger partial charge in [-0.1, -0.05) is 38.1 Å². The molecule has 3 atom stereocenters. The average molecular weight is 650 g/mol. The molecular formula is C31H38F3N5O7. The predicted molar refractivity (Wildman–Crippen MR) is 162 cm³/mol. The first-order valence-corrected chi connectivity index (χ1v) is 14.4. The molecule has 0 spiro atoms. The number of hydrogen-bond donors (Lipinski definition) is 4. The van der Waals surface area contributed by atoms with Crippen LogP contribution in [0.1, 0.15) is 51.7 Å². The summed E-state index contributed by atoms with van der Waals surface area (Å²) in [6, 6.07) is 6.66. The molecule has 0 bridgehead atoms. The van der Waals surface area contributed by atoms with Gasteiger partial charge >= 0.3 is 24.2 Å². The molecule has 3 rings (SSSR count). The molecule has 4 N–H and O–H groups in total. The SMILES string of the molecule is COc1cc(CN2C(=O)N(C(CC(C)C)C(=O)NC(C)CC(=O)O)C(=O)C2(C)C(F)(F)F)ccc1NC(=O)Nc1ccccc1C. The fourth-order valence-electron chi connectivity index (χ4n) is 5.07. The topological polar surface area (TPSA) is 157 Å². The van der Waals surface area contributed by atoms with Gasteiger partial charge in [-0.25, -0.2) is 14.5 Å². The number of carboxylic acid groups (broad SMARTS) is 1. The smallest absolute Gasteiger partial charge is 0.420 e. The Morgan fingerprint density at radius 3 is 2.22 bits per heavy atom. The number of aryl methyl sites for hydroxylation is 1. The number of methoxy groups -OCH3 is 1. The van der Waals surface area contributed by atoms with Crippen molar-refractivity contribution < 1.29 is 47.0 Å². The van der Waals surface area contributed by atoms with Crippen LogP contribution >= 0.6 is 0 Å². The number of halogens is 3. The molecule has 250 valence electrons. The summed E-state index contributed by atoms with van der Waals surface area (Å²) in [6.07, 6.45) is -5.87. The molecule has 15 heteroatoms. The van der Waals surface area contributed by atoms with E-state index in [1.807, 2.05) is 19.1 Å². The summed E-state index contributed by atoms with van der Waals surface area (Å²) >= 11 is 0. The lowest BCUT2D eigenvalue weighted by atomic mass is 9.96. The van der Waals surface area contributed by atoms with Crippen LogP contribution in [-0.2, 0) is 20.9 Å². The van der Waals surface area contributed by atoms with Crippen LogP contribution in [0.5, 0.6) is 5.75 Å². The van der Waals surface area contributed by atoms with Crippen molar-refractivity contribution in [1.29, 1.82) is 0 Å². The van der Waals surface area contributed by atoms with Crippen LogP contribution in [0.4, 0.5) is 34.1 Å². The number of rotatable bonds is 12. The first-order valence-electron chi connectivity index (χ1n) is 14.4. The Labute approximate surface area is 264 Å². The van der Waals surface area contributed by atoms with Gasteiger partial charge in [0.05, 0.1) is 19.2 Å². The Balaban J connectivity index is 1.93. The maximum absolute atomic E-state index is 14.6. The maximum Gasteiger partial charge on any atom is 0.420 e. The monoisotopic (exact) mass is 649 g/mol. The Morgan fingerprint density at radius 1 is 1.02 bits per heavy atom. The highest BCUT2D eigenvalue weighted by atomic mass is 19.4. The van der Waals surface area contributed by atoms with E-state index >= 15 is 0 Å². The number of alkyl halides is 3. The molecular weight excluding hydrogens is 611 g/mol. The van der Waals surface area contributed by atoms with E-state index in [-0.39, 0.29) is 29.3 Å². The Morgan fingerprint density at radius 2 is 1.65 bits per heavy atom.